The number of nitrogens with one attached hydrogen (secondary N) is 2. The van der Waals surface area contributed by atoms with Crippen molar-refractivity contribution >= 4 is 17.5 Å². The lowest BCUT2D eigenvalue weighted by Gasteiger charge is -2.28. The van der Waals surface area contributed by atoms with Crippen molar-refractivity contribution in [2.24, 2.45) is 0 Å². The number of pyridine rings is 1. The van der Waals surface area contributed by atoms with E-state index in [2.05, 4.69) is 15.6 Å². The van der Waals surface area contributed by atoms with Gasteiger partial charge in [0.05, 0.1) is 18.2 Å². The van der Waals surface area contributed by atoms with Gasteiger partial charge in [-0.05, 0) is 42.8 Å². The van der Waals surface area contributed by atoms with Crippen LogP contribution >= 0.6 is 0 Å². The largest absolute Gasteiger partial charge is 0.496 e. The zero-order valence-electron chi connectivity index (χ0n) is 18.2. The van der Waals surface area contributed by atoms with E-state index in [-0.39, 0.29) is 5.91 Å². The highest BCUT2D eigenvalue weighted by Gasteiger charge is 2.34. The first-order valence-electron chi connectivity index (χ1n) is 10.5. The number of allylic oxidation sites excluding steroid dienone is 1. The van der Waals surface area contributed by atoms with Crippen molar-refractivity contribution in [3.8, 4) is 17.1 Å². The fourth-order valence-corrected chi connectivity index (χ4v) is 3.95. The van der Waals surface area contributed by atoms with Gasteiger partial charge in [-0.1, -0.05) is 36.4 Å². The van der Waals surface area contributed by atoms with Gasteiger partial charge in [0, 0.05) is 23.8 Å². The zero-order chi connectivity index (χ0) is 22.8. The molecule has 2 N–H and O–H groups in total. The minimum absolute atomic E-state index is 0.222. The quantitative estimate of drug-likeness (QED) is 0.483. The van der Waals surface area contributed by atoms with Gasteiger partial charge in [-0.3, -0.25) is 9.78 Å². The summed E-state index contributed by atoms with van der Waals surface area (Å²) in [6, 6.07) is 20.2. The second kappa shape index (κ2) is 8.58. The van der Waals surface area contributed by atoms with E-state index >= 15 is 0 Å². The molecule has 0 fully saturated rings. The summed E-state index contributed by atoms with van der Waals surface area (Å²) in [7, 11) is 1.61. The first kappa shape index (κ1) is 20.4. The summed E-state index contributed by atoms with van der Waals surface area (Å²) in [5.74, 6) is 1.49. The number of ether oxygens (including phenoxy) is 1. The van der Waals surface area contributed by atoms with Crippen LogP contribution in [0.5, 0.6) is 5.75 Å². The predicted molar refractivity (Wildman–Crippen MR) is 126 cm³/mol. The Hall–Kier alpha value is -4.46. The number of anilines is 2. The minimum Gasteiger partial charge on any atom is -0.496 e. The van der Waals surface area contributed by atoms with E-state index in [4.69, 9.17) is 14.8 Å². The molecule has 1 unspecified atom stereocenters. The van der Waals surface area contributed by atoms with E-state index in [1.54, 1.807) is 24.2 Å². The molecule has 0 spiro atoms. The maximum atomic E-state index is 13.4. The van der Waals surface area contributed by atoms with E-state index in [9.17, 15) is 4.79 Å². The third-order valence-electron chi connectivity index (χ3n) is 5.48. The summed E-state index contributed by atoms with van der Waals surface area (Å²) in [4.78, 5) is 22.4. The number of benzene rings is 2. The number of nitrogens with zero attached hydrogens (tertiary/aromatic N) is 4. The van der Waals surface area contributed by atoms with Gasteiger partial charge in [0.15, 0.2) is 5.82 Å². The number of hydrogen-bond acceptors (Lipinski definition) is 6. The number of carbonyl (C=O) groups excluding carboxylic acids is 1. The zero-order valence-corrected chi connectivity index (χ0v) is 18.2. The molecule has 0 aliphatic carbocycles. The number of amides is 1. The SMILES string of the molecule is COc1ccccc1-c1nc2n(n1)C(c1cccnc1)C(C(=O)Nc1ccccc1)=C(C)N2. The van der Waals surface area contributed by atoms with Crippen molar-refractivity contribution in [2.45, 2.75) is 13.0 Å². The van der Waals surface area contributed by atoms with Crippen LogP contribution in [0.25, 0.3) is 11.4 Å². The predicted octanol–water partition coefficient (Wildman–Crippen LogP) is 4.28. The lowest BCUT2D eigenvalue weighted by atomic mass is 9.96. The molecule has 1 atom stereocenters. The van der Waals surface area contributed by atoms with E-state index in [0.29, 0.717) is 34.5 Å². The van der Waals surface area contributed by atoms with Gasteiger partial charge in [0.1, 0.15) is 11.8 Å². The number of hydrogen-bond donors (Lipinski definition) is 2. The van der Waals surface area contributed by atoms with Gasteiger partial charge in [0.25, 0.3) is 5.91 Å². The van der Waals surface area contributed by atoms with Crippen LogP contribution in [0.4, 0.5) is 11.6 Å². The topological polar surface area (TPSA) is 94.0 Å². The highest BCUT2D eigenvalue weighted by Crippen LogP contribution is 2.37. The molecule has 0 saturated carbocycles. The standard InChI is InChI=1S/C25H22N6O2/c1-16-21(24(32)28-18-10-4-3-5-11-18)22(17-9-8-14-26-15-17)31-25(27-16)29-23(30-31)19-12-6-7-13-20(19)33-2/h3-15,22H,1-2H3,(H,28,32)(H,27,29,30). The Balaban J connectivity index is 1.61. The van der Waals surface area contributed by atoms with Crippen LogP contribution in [0.15, 0.2) is 90.4 Å². The fraction of sp³-hybridized carbons (Fsp3) is 0.120. The smallest absolute Gasteiger partial charge is 0.255 e. The Kier molecular flexibility index (Phi) is 5.32. The van der Waals surface area contributed by atoms with Crippen LogP contribution in [0.3, 0.4) is 0 Å². The molecule has 1 aliphatic rings. The second-order valence-electron chi connectivity index (χ2n) is 7.58. The van der Waals surface area contributed by atoms with E-state index < -0.39 is 6.04 Å². The van der Waals surface area contributed by atoms with Crippen molar-refractivity contribution in [3.05, 3.63) is 96.0 Å². The van der Waals surface area contributed by atoms with Gasteiger partial charge in [-0.15, -0.1) is 5.10 Å². The third-order valence-corrected chi connectivity index (χ3v) is 5.48. The Morgan fingerprint density at radius 2 is 1.85 bits per heavy atom. The normalized spacial score (nSPS) is 14.9. The maximum absolute atomic E-state index is 13.4. The van der Waals surface area contributed by atoms with Crippen LogP contribution < -0.4 is 15.4 Å². The Labute approximate surface area is 191 Å². The molecular formula is C25H22N6O2. The van der Waals surface area contributed by atoms with Gasteiger partial charge in [-0.2, -0.15) is 4.98 Å². The average Bonchev–Trinajstić information content (AvgIpc) is 3.27. The summed E-state index contributed by atoms with van der Waals surface area (Å²) in [5.41, 5.74) is 3.54. The first-order valence-corrected chi connectivity index (χ1v) is 10.5. The van der Waals surface area contributed by atoms with Gasteiger partial charge in [0.2, 0.25) is 5.95 Å². The molecule has 8 nitrogen and oxygen atoms in total. The molecule has 1 aliphatic heterocycles. The van der Waals surface area contributed by atoms with Crippen LogP contribution in [-0.2, 0) is 4.79 Å². The Morgan fingerprint density at radius 1 is 1.06 bits per heavy atom. The van der Waals surface area contributed by atoms with E-state index in [1.807, 2.05) is 73.7 Å². The molecule has 164 valence electrons. The van der Waals surface area contributed by atoms with Crippen LogP contribution in [0, 0.1) is 0 Å². The van der Waals surface area contributed by atoms with E-state index in [1.165, 1.54) is 0 Å². The highest BCUT2D eigenvalue weighted by atomic mass is 16.5. The van der Waals surface area contributed by atoms with Crippen LogP contribution in [0.2, 0.25) is 0 Å². The molecule has 0 bridgehead atoms. The lowest BCUT2D eigenvalue weighted by molar-refractivity contribution is -0.113. The minimum atomic E-state index is -0.505. The number of methoxy groups -OCH3 is 1. The lowest BCUT2D eigenvalue weighted by Crippen LogP contribution is -2.31. The fourth-order valence-electron chi connectivity index (χ4n) is 3.95. The molecule has 3 heterocycles. The maximum Gasteiger partial charge on any atom is 0.255 e. The van der Waals surface area contributed by atoms with Gasteiger partial charge in [-0.25, -0.2) is 4.68 Å². The average molecular weight is 438 g/mol. The molecular weight excluding hydrogens is 416 g/mol. The Bertz CT molecular complexity index is 1330. The molecule has 8 heteroatoms. The monoisotopic (exact) mass is 438 g/mol. The van der Waals surface area contributed by atoms with Crippen LogP contribution in [-0.4, -0.2) is 32.8 Å². The van der Waals surface area contributed by atoms with Crippen molar-refractivity contribution in [3.63, 3.8) is 0 Å². The highest BCUT2D eigenvalue weighted by molar-refractivity contribution is 6.06. The second-order valence-corrected chi connectivity index (χ2v) is 7.58. The summed E-state index contributed by atoms with van der Waals surface area (Å²) in [6.45, 7) is 1.87. The molecule has 2 aromatic heterocycles. The molecule has 1 amide bonds. The molecule has 5 rings (SSSR count). The molecule has 2 aromatic carbocycles. The van der Waals surface area contributed by atoms with Crippen molar-refractivity contribution < 1.29 is 9.53 Å². The third kappa shape index (κ3) is 3.82. The van der Waals surface area contributed by atoms with Crippen molar-refractivity contribution in [2.75, 3.05) is 17.7 Å². The molecule has 0 radical (unpaired) electrons. The number of fused-ring (bicyclic) bond motifs is 1. The number of para-hydroxylation sites is 2. The molecule has 4 aromatic rings. The summed E-state index contributed by atoms with van der Waals surface area (Å²) in [6.07, 6.45) is 3.45. The summed E-state index contributed by atoms with van der Waals surface area (Å²) >= 11 is 0. The number of carbonyl (C=O) groups is 1. The van der Waals surface area contributed by atoms with Crippen molar-refractivity contribution in [1.82, 2.24) is 19.7 Å². The first-order chi connectivity index (χ1) is 16.2. The van der Waals surface area contributed by atoms with Crippen LogP contribution in [0.1, 0.15) is 18.5 Å². The van der Waals surface area contributed by atoms with E-state index in [0.717, 1.165) is 11.1 Å². The van der Waals surface area contributed by atoms with Gasteiger partial charge >= 0.3 is 0 Å². The van der Waals surface area contributed by atoms with Crippen molar-refractivity contribution in [1.29, 1.82) is 0 Å². The summed E-state index contributed by atoms with van der Waals surface area (Å²) < 4.78 is 7.22. The molecule has 33 heavy (non-hydrogen) atoms. The number of rotatable bonds is 5. The molecule has 0 saturated heterocycles. The summed E-state index contributed by atoms with van der Waals surface area (Å²) in [5, 5.41) is 11.0. The van der Waals surface area contributed by atoms with Gasteiger partial charge < -0.3 is 15.4 Å². The number of aromatic nitrogens is 4. The Morgan fingerprint density at radius 3 is 2.61 bits per heavy atom.